The summed E-state index contributed by atoms with van der Waals surface area (Å²) in [6.07, 6.45) is 19.4. The normalized spacial score (nSPS) is 42.5. The second-order valence-electron chi connectivity index (χ2n) is 9.19. The van der Waals surface area contributed by atoms with Crippen molar-refractivity contribution >= 4 is 0 Å². The van der Waals surface area contributed by atoms with E-state index in [0.29, 0.717) is 6.10 Å². The van der Waals surface area contributed by atoms with E-state index in [-0.39, 0.29) is 0 Å². The Labute approximate surface area is 144 Å². The number of rotatable bonds is 5. The highest BCUT2D eigenvalue weighted by Crippen LogP contribution is 2.41. The molecule has 3 rings (SSSR count). The fraction of sp³-hybridized carbons (Fsp3) is 1.00. The van der Waals surface area contributed by atoms with Crippen LogP contribution in [0.3, 0.4) is 0 Å². The van der Waals surface area contributed by atoms with Gasteiger partial charge in [0.25, 0.3) is 0 Å². The van der Waals surface area contributed by atoms with Crippen LogP contribution in [0.1, 0.15) is 97.3 Å². The van der Waals surface area contributed by atoms with Crippen LogP contribution in [0.5, 0.6) is 0 Å². The molecule has 0 atom stereocenters. The van der Waals surface area contributed by atoms with Crippen molar-refractivity contribution < 1.29 is 4.74 Å². The lowest BCUT2D eigenvalue weighted by Gasteiger charge is -2.37. The minimum atomic E-state index is 0.593. The van der Waals surface area contributed by atoms with Crippen LogP contribution in [0.15, 0.2) is 0 Å². The predicted molar refractivity (Wildman–Crippen MR) is 98.6 cm³/mol. The maximum absolute atomic E-state index is 6.31. The van der Waals surface area contributed by atoms with Gasteiger partial charge in [0.15, 0.2) is 0 Å². The van der Waals surface area contributed by atoms with Crippen molar-refractivity contribution in [3.8, 4) is 0 Å². The Balaban J connectivity index is 1.30. The van der Waals surface area contributed by atoms with Gasteiger partial charge in [-0.15, -0.1) is 0 Å². The summed E-state index contributed by atoms with van der Waals surface area (Å²) < 4.78 is 6.31. The molecule has 0 saturated heterocycles. The molecule has 0 N–H and O–H groups in total. The maximum atomic E-state index is 6.31. The number of ether oxygens (including phenoxy) is 1. The molecule has 23 heavy (non-hydrogen) atoms. The third-order valence-electron chi connectivity index (χ3n) is 7.56. The molecule has 0 aliphatic heterocycles. The zero-order chi connectivity index (χ0) is 16.1. The third-order valence-corrected chi connectivity index (χ3v) is 7.56. The quantitative estimate of drug-likeness (QED) is 0.554. The van der Waals surface area contributed by atoms with E-state index in [2.05, 4.69) is 13.8 Å². The molecule has 0 aromatic heterocycles. The first-order valence-electron chi connectivity index (χ1n) is 10.9. The molecule has 0 aromatic carbocycles. The molecule has 3 aliphatic rings. The molecule has 0 radical (unpaired) electrons. The molecule has 3 aliphatic carbocycles. The lowest BCUT2D eigenvalue weighted by molar-refractivity contribution is -0.0124. The van der Waals surface area contributed by atoms with Crippen molar-refractivity contribution in [1.82, 2.24) is 0 Å². The van der Waals surface area contributed by atoms with Gasteiger partial charge in [-0.25, -0.2) is 0 Å². The summed E-state index contributed by atoms with van der Waals surface area (Å²) in [6.45, 7) is 5.85. The van der Waals surface area contributed by atoms with Gasteiger partial charge >= 0.3 is 0 Å². The molecule has 1 heteroatoms. The maximum Gasteiger partial charge on any atom is 0.0575 e. The average molecular weight is 321 g/mol. The van der Waals surface area contributed by atoms with Crippen molar-refractivity contribution in [1.29, 1.82) is 0 Å². The van der Waals surface area contributed by atoms with Gasteiger partial charge in [-0.1, -0.05) is 33.1 Å². The molecule has 0 bridgehead atoms. The average Bonchev–Trinajstić information content (AvgIpc) is 2.61. The highest BCUT2D eigenvalue weighted by Gasteiger charge is 2.30. The van der Waals surface area contributed by atoms with Crippen LogP contribution in [0.4, 0.5) is 0 Å². The lowest BCUT2D eigenvalue weighted by atomic mass is 9.69. The van der Waals surface area contributed by atoms with Crippen molar-refractivity contribution in [2.45, 2.75) is 103 Å². The van der Waals surface area contributed by atoms with Gasteiger partial charge in [0.2, 0.25) is 0 Å². The van der Waals surface area contributed by atoms with Crippen LogP contribution in [0.2, 0.25) is 0 Å². The van der Waals surface area contributed by atoms with Gasteiger partial charge in [-0.05, 0) is 93.8 Å². The van der Waals surface area contributed by atoms with Gasteiger partial charge in [0, 0.05) is 6.61 Å². The molecular weight excluding hydrogens is 280 g/mol. The van der Waals surface area contributed by atoms with E-state index in [1.165, 1.54) is 83.5 Å². The van der Waals surface area contributed by atoms with E-state index in [4.69, 9.17) is 4.74 Å². The summed E-state index contributed by atoms with van der Waals surface area (Å²) in [5, 5.41) is 0. The van der Waals surface area contributed by atoms with Gasteiger partial charge in [-0.2, -0.15) is 0 Å². The summed E-state index contributed by atoms with van der Waals surface area (Å²) >= 11 is 0. The molecule has 0 amide bonds. The van der Waals surface area contributed by atoms with Crippen LogP contribution < -0.4 is 0 Å². The summed E-state index contributed by atoms with van der Waals surface area (Å²) in [7, 11) is 0. The Bertz CT molecular complexity index is 315. The van der Waals surface area contributed by atoms with E-state index in [1.54, 1.807) is 0 Å². The van der Waals surface area contributed by atoms with E-state index in [0.717, 1.165) is 36.2 Å². The Morgan fingerprint density at radius 1 is 0.652 bits per heavy atom. The van der Waals surface area contributed by atoms with Gasteiger partial charge in [0.05, 0.1) is 6.10 Å². The lowest BCUT2D eigenvalue weighted by Crippen LogP contribution is -2.28. The molecule has 3 fully saturated rings. The Kier molecular flexibility index (Phi) is 6.86. The fourth-order valence-corrected chi connectivity index (χ4v) is 5.56. The molecule has 3 saturated carbocycles. The Hall–Kier alpha value is -0.0400. The van der Waals surface area contributed by atoms with Crippen LogP contribution in [-0.2, 0) is 4.74 Å². The van der Waals surface area contributed by atoms with E-state index in [1.807, 2.05) is 0 Å². The minimum absolute atomic E-state index is 0.593. The molecule has 0 spiro atoms. The van der Waals surface area contributed by atoms with Crippen LogP contribution in [0.25, 0.3) is 0 Å². The second kappa shape index (κ2) is 8.88. The van der Waals surface area contributed by atoms with Gasteiger partial charge < -0.3 is 4.74 Å². The topological polar surface area (TPSA) is 9.23 Å². The van der Waals surface area contributed by atoms with Crippen molar-refractivity contribution in [2.75, 3.05) is 6.61 Å². The Morgan fingerprint density at radius 3 is 1.74 bits per heavy atom. The summed E-state index contributed by atoms with van der Waals surface area (Å²) in [5.41, 5.74) is 0. The molecule has 134 valence electrons. The summed E-state index contributed by atoms with van der Waals surface area (Å²) in [4.78, 5) is 0. The van der Waals surface area contributed by atoms with Crippen molar-refractivity contribution in [2.24, 2.45) is 29.6 Å². The monoisotopic (exact) mass is 320 g/mol. The Morgan fingerprint density at radius 2 is 1.17 bits per heavy atom. The first kappa shape index (κ1) is 17.8. The standard InChI is InChI=1S/C22H40O/c1-3-18-8-14-22(15-9-18)23-16-19-6-12-21(13-7-19)20-10-4-17(2)5-11-20/h17-22H,3-16H2,1-2H3. The largest absolute Gasteiger partial charge is 0.378 e. The van der Waals surface area contributed by atoms with E-state index in [9.17, 15) is 0 Å². The highest BCUT2D eigenvalue weighted by atomic mass is 16.5. The summed E-state index contributed by atoms with van der Waals surface area (Å²) in [5.74, 6) is 4.98. The van der Waals surface area contributed by atoms with Crippen LogP contribution in [-0.4, -0.2) is 12.7 Å². The summed E-state index contributed by atoms with van der Waals surface area (Å²) in [6, 6.07) is 0. The third kappa shape index (κ3) is 5.21. The van der Waals surface area contributed by atoms with Crippen LogP contribution in [0, 0.1) is 29.6 Å². The van der Waals surface area contributed by atoms with Crippen molar-refractivity contribution in [3.63, 3.8) is 0 Å². The first-order chi connectivity index (χ1) is 11.2. The van der Waals surface area contributed by atoms with Gasteiger partial charge in [-0.3, -0.25) is 0 Å². The SMILES string of the molecule is CCC1CCC(OCC2CCC(C3CCC(C)CC3)CC2)CC1. The van der Waals surface area contributed by atoms with Crippen molar-refractivity contribution in [3.05, 3.63) is 0 Å². The molecule has 0 unspecified atom stereocenters. The number of hydrogen-bond donors (Lipinski definition) is 0. The molecular formula is C22H40O. The second-order valence-corrected chi connectivity index (χ2v) is 9.19. The molecule has 1 nitrogen and oxygen atoms in total. The van der Waals surface area contributed by atoms with Crippen LogP contribution >= 0.6 is 0 Å². The minimum Gasteiger partial charge on any atom is -0.378 e. The fourth-order valence-electron chi connectivity index (χ4n) is 5.56. The first-order valence-corrected chi connectivity index (χ1v) is 10.9. The molecule has 0 heterocycles. The zero-order valence-corrected chi connectivity index (χ0v) is 15.8. The molecule has 0 aromatic rings. The van der Waals surface area contributed by atoms with E-state index >= 15 is 0 Å². The predicted octanol–water partition coefficient (Wildman–Crippen LogP) is 6.60. The highest BCUT2D eigenvalue weighted by molar-refractivity contribution is 4.81. The smallest absolute Gasteiger partial charge is 0.0575 e. The zero-order valence-electron chi connectivity index (χ0n) is 15.8. The number of hydrogen-bond acceptors (Lipinski definition) is 1. The van der Waals surface area contributed by atoms with Gasteiger partial charge in [0.1, 0.15) is 0 Å². The van der Waals surface area contributed by atoms with E-state index < -0.39 is 0 Å².